The summed E-state index contributed by atoms with van der Waals surface area (Å²) in [5.74, 6) is 0.596. The Morgan fingerprint density at radius 2 is 1.82 bits per heavy atom. The van der Waals surface area contributed by atoms with Gasteiger partial charge in [-0.05, 0) is 52.6 Å². The fourth-order valence-electron chi connectivity index (χ4n) is 1.63. The lowest BCUT2D eigenvalue weighted by molar-refractivity contribution is 0.0516. The van der Waals surface area contributed by atoms with Gasteiger partial charge in [0.15, 0.2) is 0 Å². The van der Waals surface area contributed by atoms with E-state index in [9.17, 15) is 4.79 Å². The number of hydrogen-bond donors (Lipinski definition) is 2. The van der Waals surface area contributed by atoms with Crippen molar-refractivity contribution in [3.63, 3.8) is 0 Å². The van der Waals surface area contributed by atoms with Crippen molar-refractivity contribution < 1.29 is 9.53 Å². The van der Waals surface area contributed by atoms with Crippen molar-refractivity contribution in [1.29, 1.82) is 0 Å². The van der Waals surface area contributed by atoms with Crippen molar-refractivity contribution in [3.8, 4) is 0 Å². The molecule has 0 aliphatic carbocycles. The highest BCUT2D eigenvalue weighted by Gasteiger charge is 2.18. The van der Waals surface area contributed by atoms with E-state index >= 15 is 0 Å². The van der Waals surface area contributed by atoms with Crippen LogP contribution in [0, 0.1) is 5.92 Å². The largest absolute Gasteiger partial charge is 0.444 e. The second-order valence-corrected chi connectivity index (χ2v) is 5.08. The fraction of sp³-hybridized carbons (Fsp3) is 0.923. The standard InChI is InChI=1S/C11H22N2O2.C2H6/c1-11(2,3)15-10(14)13-8-9-4-6-12-7-5-9;1-2/h9,12H,4-8H2,1-3H3,(H,13,14);1-2H3. The van der Waals surface area contributed by atoms with Crippen LogP contribution in [0.15, 0.2) is 0 Å². The Bertz CT molecular complexity index is 206. The summed E-state index contributed by atoms with van der Waals surface area (Å²) < 4.78 is 5.16. The fourth-order valence-corrected chi connectivity index (χ4v) is 1.63. The lowest BCUT2D eigenvalue weighted by Crippen LogP contribution is -2.38. The molecule has 102 valence electrons. The molecule has 1 saturated heterocycles. The van der Waals surface area contributed by atoms with Crippen molar-refractivity contribution >= 4 is 6.09 Å². The van der Waals surface area contributed by atoms with E-state index < -0.39 is 5.60 Å². The van der Waals surface area contributed by atoms with E-state index in [-0.39, 0.29) is 6.09 Å². The lowest BCUT2D eigenvalue weighted by Gasteiger charge is -2.24. The minimum absolute atomic E-state index is 0.305. The summed E-state index contributed by atoms with van der Waals surface area (Å²) >= 11 is 0. The first-order valence-electron chi connectivity index (χ1n) is 6.65. The van der Waals surface area contributed by atoms with Crippen LogP contribution in [0.4, 0.5) is 4.79 Å². The first-order chi connectivity index (χ1) is 7.97. The summed E-state index contributed by atoms with van der Waals surface area (Å²) in [6.07, 6.45) is 1.96. The molecule has 1 heterocycles. The molecule has 0 spiro atoms. The van der Waals surface area contributed by atoms with Gasteiger partial charge in [0.2, 0.25) is 0 Å². The number of ether oxygens (including phenoxy) is 1. The molecule has 0 radical (unpaired) electrons. The lowest BCUT2D eigenvalue weighted by atomic mass is 9.98. The third-order valence-electron chi connectivity index (χ3n) is 2.39. The SMILES string of the molecule is CC.CC(C)(C)OC(=O)NCC1CCNCC1. The van der Waals surface area contributed by atoms with E-state index in [4.69, 9.17) is 4.74 Å². The quantitative estimate of drug-likeness (QED) is 0.785. The third kappa shape index (κ3) is 8.98. The van der Waals surface area contributed by atoms with E-state index in [2.05, 4.69) is 10.6 Å². The highest BCUT2D eigenvalue weighted by Crippen LogP contribution is 2.11. The summed E-state index contributed by atoms with van der Waals surface area (Å²) in [5.41, 5.74) is -0.405. The molecule has 4 nitrogen and oxygen atoms in total. The summed E-state index contributed by atoms with van der Waals surface area (Å²) in [7, 11) is 0. The second-order valence-electron chi connectivity index (χ2n) is 5.08. The van der Waals surface area contributed by atoms with Crippen molar-refractivity contribution in [2.24, 2.45) is 5.92 Å². The van der Waals surface area contributed by atoms with Gasteiger partial charge in [0.25, 0.3) is 0 Å². The van der Waals surface area contributed by atoms with Gasteiger partial charge in [0.05, 0.1) is 0 Å². The normalized spacial score (nSPS) is 16.8. The first kappa shape index (κ1) is 16.2. The molecule has 2 N–H and O–H groups in total. The van der Waals surface area contributed by atoms with Crippen molar-refractivity contribution in [3.05, 3.63) is 0 Å². The Hall–Kier alpha value is -0.770. The number of hydrogen-bond acceptors (Lipinski definition) is 3. The maximum Gasteiger partial charge on any atom is 0.407 e. The Morgan fingerprint density at radius 3 is 2.29 bits per heavy atom. The topological polar surface area (TPSA) is 50.4 Å². The molecule has 0 aromatic heterocycles. The molecule has 0 bridgehead atoms. The monoisotopic (exact) mass is 244 g/mol. The van der Waals surface area contributed by atoms with Crippen molar-refractivity contribution in [2.75, 3.05) is 19.6 Å². The van der Waals surface area contributed by atoms with Crippen molar-refractivity contribution in [1.82, 2.24) is 10.6 Å². The zero-order valence-electron chi connectivity index (χ0n) is 11.9. The third-order valence-corrected chi connectivity index (χ3v) is 2.39. The molecule has 0 unspecified atom stereocenters. The highest BCUT2D eigenvalue weighted by molar-refractivity contribution is 5.67. The maximum absolute atomic E-state index is 11.4. The number of nitrogens with one attached hydrogen (secondary N) is 2. The Morgan fingerprint density at radius 1 is 1.29 bits per heavy atom. The zero-order chi connectivity index (χ0) is 13.3. The molecule has 1 amide bonds. The molecule has 0 aromatic rings. The minimum Gasteiger partial charge on any atom is -0.444 e. The van der Waals surface area contributed by atoms with Crippen LogP contribution in [-0.2, 0) is 4.74 Å². The molecule has 0 aromatic carbocycles. The molecular weight excluding hydrogens is 216 g/mol. The molecule has 4 heteroatoms. The number of amides is 1. The zero-order valence-corrected chi connectivity index (χ0v) is 11.9. The highest BCUT2D eigenvalue weighted by atomic mass is 16.6. The number of alkyl carbamates (subject to hydrolysis) is 1. The van der Waals surface area contributed by atoms with Crippen LogP contribution < -0.4 is 10.6 Å². The van der Waals surface area contributed by atoms with E-state index in [1.54, 1.807) is 0 Å². The smallest absolute Gasteiger partial charge is 0.407 e. The molecule has 17 heavy (non-hydrogen) atoms. The van der Waals surface area contributed by atoms with Gasteiger partial charge in [-0.3, -0.25) is 0 Å². The number of carbonyl (C=O) groups is 1. The average molecular weight is 244 g/mol. The summed E-state index contributed by atoms with van der Waals surface area (Å²) in [4.78, 5) is 11.4. The molecule has 1 rings (SSSR count). The van der Waals surface area contributed by atoms with Gasteiger partial charge in [0.1, 0.15) is 5.60 Å². The van der Waals surface area contributed by atoms with Crippen LogP contribution in [0.1, 0.15) is 47.5 Å². The van der Waals surface area contributed by atoms with Crippen LogP contribution >= 0.6 is 0 Å². The molecular formula is C13H28N2O2. The van der Waals surface area contributed by atoms with E-state index in [1.807, 2.05) is 34.6 Å². The number of carbonyl (C=O) groups excluding carboxylic acids is 1. The first-order valence-corrected chi connectivity index (χ1v) is 6.65. The van der Waals surface area contributed by atoms with Crippen LogP contribution in [0.2, 0.25) is 0 Å². The molecule has 1 aliphatic heterocycles. The minimum atomic E-state index is -0.405. The van der Waals surface area contributed by atoms with Crippen LogP contribution in [-0.4, -0.2) is 31.3 Å². The number of piperidine rings is 1. The molecule has 0 atom stereocenters. The van der Waals surface area contributed by atoms with E-state index in [0.717, 1.165) is 32.5 Å². The van der Waals surface area contributed by atoms with Gasteiger partial charge < -0.3 is 15.4 Å². The second kappa shape index (κ2) is 8.34. The van der Waals surface area contributed by atoms with Crippen molar-refractivity contribution in [2.45, 2.75) is 53.1 Å². The maximum atomic E-state index is 11.4. The molecule has 1 aliphatic rings. The van der Waals surface area contributed by atoms with E-state index in [1.165, 1.54) is 0 Å². The average Bonchev–Trinajstić information content (AvgIpc) is 2.28. The summed E-state index contributed by atoms with van der Waals surface area (Å²) in [6, 6.07) is 0. The summed E-state index contributed by atoms with van der Waals surface area (Å²) in [6.45, 7) is 12.5. The summed E-state index contributed by atoms with van der Waals surface area (Å²) in [5, 5.41) is 6.12. The van der Waals surface area contributed by atoms with Crippen LogP contribution in [0.3, 0.4) is 0 Å². The van der Waals surface area contributed by atoms with Gasteiger partial charge in [-0.2, -0.15) is 0 Å². The van der Waals surface area contributed by atoms with Gasteiger partial charge in [-0.25, -0.2) is 4.79 Å². The molecule has 1 fully saturated rings. The predicted octanol–water partition coefficient (Wildman–Crippen LogP) is 2.54. The Kier molecular flexibility index (Phi) is 7.96. The Labute approximate surface area is 105 Å². The van der Waals surface area contributed by atoms with Crippen LogP contribution in [0.25, 0.3) is 0 Å². The molecule has 0 saturated carbocycles. The van der Waals surface area contributed by atoms with Gasteiger partial charge >= 0.3 is 6.09 Å². The Balaban J connectivity index is 0.00000121. The predicted molar refractivity (Wildman–Crippen MR) is 71.2 cm³/mol. The van der Waals surface area contributed by atoms with E-state index in [0.29, 0.717) is 5.92 Å². The van der Waals surface area contributed by atoms with Crippen LogP contribution in [0.5, 0.6) is 0 Å². The van der Waals surface area contributed by atoms with Gasteiger partial charge in [0, 0.05) is 6.54 Å². The van der Waals surface area contributed by atoms with Gasteiger partial charge in [-0.1, -0.05) is 13.8 Å². The van der Waals surface area contributed by atoms with Gasteiger partial charge in [-0.15, -0.1) is 0 Å². The number of rotatable bonds is 2.